The number of esters is 1. The zero-order valence-corrected chi connectivity index (χ0v) is 30.7. The van der Waals surface area contributed by atoms with E-state index in [-0.39, 0.29) is 54.6 Å². The van der Waals surface area contributed by atoms with Crippen LogP contribution in [0.4, 0.5) is 4.79 Å². The zero-order valence-electron chi connectivity index (χ0n) is 29.8. The number of pyridine rings is 1. The molecule has 2 atom stereocenters. The molecule has 3 heterocycles. The monoisotopic (exact) mass is 730 g/mol. The summed E-state index contributed by atoms with van der Waals surface area (Å²) in [6.45, 7) is 8.52. The topological polar surface area (TPSA) is 182 Å². The highest BCUT2D eigenvalue weighted by atomic mass is 32.2. The standard InChI is InChI=1S/C36H50N4O10S/c1-25-7-10-30(11-8-25)51(46,47)49-19-18-48-29-20-28(22-37-23-29)31(21-33(42)50-36(2,3)4)38-34(43)27-6-5-15-40(24-27)32(41)12-9-26-13-16-39(17-14-26)35(44)45/h7-8,10-11,20,22-23,26-27,31H,5-6,9,12-19,21,24H2,1-4H3,(H,38,43)(H,44,45)/t27-,31+/m1/s1. The molecule has 14 nitrogen and oxygen atoms in total. The lowest BCUT2D eigenvalue weighted by Gasteiger charge is -2.34. The number of nitrogens with one attached hydrogen (secondary N) is 1. The molecular weight excluding hydrogens is 680 g/mol. The first kappa shape index (κ1) is 39.5. The number of rotatable bonds is 14. The molecule has 2 fully saturated rings. The van der Waals surface area contributed by atoms with Crippen LogP contribution in [0.5, 0.6) is 5.75 Å². The summed E-state index contributed by atoms with van der Waals surface area (Å²) < 4.78 is 41.4. The Morgan fingerprint density at radius 3 is 2.37 bits per heavy atom. The lowest BCUT2D eigenvalue weighted by molar-refractivity contribution is -0.155. The number of aromatic nitrogens is 1. The van der Waals surface area contributed by atoms with E-state index < -0.39 is 39.7 Å². The van der Waals surface area contributed by atoms with Crippen LogP contribution in [-0.2, 0) is 33.4 Å². The average Bonchev–Trinajstić information content (AvgIpc) is 3.08. The minimum atomic E-state index is -3.97. The number of hydrogen-bond donors (Lipinski definition) is 2. The third-order valence-electron chi connectivity index (χ3n) is 8.94. The van der Waals surface area contributed by atoms with Crippen LogP contribution in [0.1, 0.15) is 82.9 Å². The van der Waals surface area contributed by atoms with Crippen LogP contribution in [0, 0.1) is 18.8 Å². The molecule has 0 radical (unpaired) electrons. The van der Waals surface area contributed by atoms with Crippen LogP contribution in [0.15, 0.2) is 47.6 Å². The number of benzene rings is 1. The van der Waals surface area contributed by atoms with Crippen molar-refractivity contribution >= 4 is 34.0 Å². The highest BCUT2D eigenvalue weighted by Crippen LogP contribution is 2.27. The molecule has 3 amide bonds. The van der Waals surface area contributed by atoms with Crippen LogP contribution < -0.4 is 10.1 Å². The number of carbonyl (C=O) groups is 4. The van der Waals surface area contributed by atoms with Crippen molar-refractivity contribution in [1.82, 2.24) is 20.1 Å². The van der Waals surface area contributed by atoms with Gasteiger partial charge in [0, 0.05) is 38.8 Å². The largest absolute Gasteiger partial charge is 0.490 e. The van der Waals surface area contributed by atoms with Crippen molar-refractivity contribution in [3.05, 3.63) is 53.9 Å². The van der Waals surface area contributed by atoms with Gasteiger partial charge in [-0.15, -0.1) is 0 Å². The number of carbonyl (C=O) groups excluding carboxylic acids is 3. The minimum absolute atomic E-state index is 0.0248. The van der Waals surface area contributed by atoms with Crippen LogP contribution >= 0.6 is 0 Å². The Labute approximate surface area is 300 Å². The van der Waals surface area contributed by atoms with E-state index in [1.807, 2.05) is 6.92 Å². The summed E-state index contributed by atoms with van der Waals surface area (Å²) in [6, 6.07) is 7.10. The van der Waals surface area contributed by atoms with Gasteiger partial charge in [0.1, 0.15) is 24.6 Å². The summed E-state index contributed by atoms with van der Waals surface area (Å²) in [5.41, 5.74) is 0.657. The Kier molecular flexibility index (Phi) is 13.8. The molecule has 51 heavy (non-hydrogen) atoms. The molecule has 0 aliphatic carbocycles. The maximum atomic E-state index is 13.7. The van der Waals surface area contributed by atoms with Gasteiger partial charge in [-0.1, -0.05) is 17.7 Å². The molecular formula is C36H50N4O10S. The number of hydrogen-bond acceptors (Lipinski definition) is 10. The lowest BCUT2D eigenvalue weighted by Crippen LogP contribution is -2.46. The molecule has 2 saturated heterocycles. The van der Waals surface area contributed by atoms with Gasteiger partial charge >= 0.3 is 12.1 Å². The fourth-order valence-corrected chi connectivity index (χ4v) is 7.08. The minimum Gasteiger partial charge on any atom is -0.490 e. The second-order valence-electron chi connectivity index (χ2n) is 14.2. The zero-order chi connectivity index (χ0) is 37.2. The van der Waals surface area contributed by atoms with E-state index in [4.69, 9.17) is 13.7 Å². The number of ether oxygens (including phenoxy) is 2. The average molecular weight is 731 g/mol. The SMILES string of the molecule is Cc1ccc(S(=O)(=O)OCCOc2cncc([C@H](CC(=O)OC(C)(C)C)NC(=O)[C@@H]3CCCN(C(=O)CCC4CCN(C(=O)O)CC4)C3)c2)cc1. The smallest absolute Gasteiger partial charge is 0.407 e. The molecule has 0 spiro atoms. The molecule has 0 saturated carbocycles. The van der Waals surface area contributed by atoms with Crippen molar-refractivity contribution < 1.29 is 46.4 Å². The van der Waals surface area contributed by atoms with E-state index in [9.17, 15) is 32.7 Å². The van der Waals surface area contributed by atoms with Crippen molar-refractivity contribution in [2.24, 2.45) is 11.8 Å². The van der Waals surface area contributed by atoms with Crippen LogP contribution in [0.2, 0.25) is 0 Å². The normalized spacial score (nSPS) is 17.8. The van der Waals surface area contributed by atoms with Crippen molar-refractivity contribution in [2.75, 3.05) is 39.4 Å². The van der Waals surface area contributed by atoms with Crippen LogP contribution in [-0.4, -0.2) is 97.2 Å². The van der Waals surface area contributed by atoms with Crippen LogP contribution in [0.25, 0.3) is 0 Å². The Morgan fingerprint density at radius 2 is 1.71 bits per heavy atom. The van der Waals surface area contributed by atoms with Gasteiger partial charge in [-0.05, 0) is 89.5 Å². The van der Waals surface area contributed by atoms with E-state index in [2.05, 4.69) is 10.3 Å². The number of nitrogens with zero attached hydrogens (tertiary/aromatic N) is 3. The summed E-state index contributed by atoms with van der Waals surface area (Å²) in [7, 11) is -3.97. The third kappa shape index (κ3) is 12.5. The van der Waals surface area contributed by atoms with Crippen molar-refractivity contribution in [3.63, 3.8) is 0 Å². The van der Waals surface area contributed by atoms with E-state index in [0.717, 1.165) is 18.4 Å². The molecule has 2 aliphatic rings. The van der Waals surface area contributed by atoms with Crippen LogP contribution in [0.3, 0.4) is 0 Å². The molecule has 2 N–H and O–H groups in total. The predicted molar refractivity (Wildman–Crippen MR) is 186 cm³/mol. The fourth-order valence-electron chi connectivity index (χ4n) is 6.19. The molecule has 280 valence electrons. The summed E-state index contributed by atoms with van der Waals surface area (Å²) in [5.74, 6) is -0.762. The fraction of sp³-hybridized carbons (Fsp3) is 0.583. The quantitative estimate of drug-likeness (QED) is 0.159. The molecule has 2 aromatic rings. The van der Waals surface area contributed by atoms with E-state index in [1.165, 1.54) is 29.4 Å². The highest BCUT2D eigenvalue weighted by molar-refractivity contribution is 7.86. The number of aryl methyl sites for hydroxylation is 1. The van der Waals surface area contributed by atoms with Gasteiger partial charge < -0.3 is 29.7 Å². The molecule has 15 heteroatoms. The molecule has 0 bridgehead atoms. The first-order chi connectivity index (χ1) is 24.1. The molecule has 1 aromatic carbocycles. The van der Waals surface area contributed by atoms with Gasteiger partial charge in [0.15, 0.2) is 0 Å². The molecule has 2 aliphatic heterocycles. The lowest BCUT2D eigenvalue weighted by atomic mass is 9.91. The predicted octanol–water partition coefficient (Wildman–Crippen LogP) is 4.47. The van der Waals surface area contributed by atoms with Gasteiger partial charge in [0.05, 0.1) is 29.5 Å². The number of amides is 3. The maximum absolute atomic E-state index is 13.7. The second-order valence-corrected chi connectivity index (χ2v) is 15.8. The first-order valence-corrected chi connectivity index (χ1v) is 18.8. The van der Waals surface area contributed by atoms with Gasteiger partial charge in [0.2, 0.25) is 11.8 Å². The van der Waals surface area contributed by atoms with E-state index in [0.29, 0.717) is 50.9 Å². The van der Waals surface area contributed by atoms with Crippen molar-refractivity contribution in [1.29, 1.82) is 0 Å². The highest BCUT2D eigenvalue weighted by Gasteiger charge is 2.32. The number of carboxylic acid groups (broad SMARTS) is 1. The summed E-state index contributed by atoms with van der Waals surface area (Å²) in [5, 5.41) is 12.2. The summed E-state index contributed by atoms with van der Waals surface area (Å²) in [4.78, 5) is 58.3. The van der Waals surface area contributed by atoms with Gasteiger partial charge in [0.25, 0.3) is 10.1 Å². The Hall–Kier alpha value is -4.24. The second kappa shape index (κ2) is 17.8. The Bertz CT molecular complexity index is 1620. The molecule has 0 unspecified atom stereocenters. The summed E-state index contributed by atoms with van der Waals surface area (Å²) >= 11 is 0. The first-order valence-electron chi connectivity index (χ1n) is 17.4. The van der Waals surface area contributed by atoms with Gasteiger partial charge in [-0.2, -0.15) is 8.42 Å². The molecule has 1 aromatic heterocycles. The number of piperidine rings is 2. The van der Waals surface area contributed by atoms with E-state index in [1.54, 1.807) is 43.9 Å². The van der Waals surface area contributed by atoms with E-state index >= 15 is 0 Å². The number of likely N-dealkylation sites (tertiary alicyclic amines) is 2. The van der Waals surface area contributed by atoms with Gasteiger partial charge in [-0.3, -0.25) is 23.6 Å². The van der Waals surface area contributed by atoms with Crippen molar-refractivity contribution in [2.45, 2.75) is 89.2 Å². The van der Waals surface area contributed by atoms with Crippen molar-refractivity contribution in [3.8, 4) is 5.75 Å². The Morgan fingerprint density at radius 1 is 1.00 bits per heavy atom. The third-order valence-corrected chi connectivity index (χ3v) is 10.3. The summed E-state index contributed by atoms with van der Waals surface area (Å²) in [6.07, 6.45) is 5.57. The molecule has 4 rings (SSSR count). The maximum Gasteiger partial charge on any atom is 0.407 e. The van der Waals surface area contributed by atoms with Gasteiger partial charge in [-0.25, -0.2) is 4.79 Å². The Balaban J connectivity index is 1.35.